The second-order valence-electron chi connectivity index (χ2n) is 7.23. The molecule has 0 aliphatic carbocycles. The van der Waals surface area contributed by atoms with E-state index in [9.17, 15) is 0 Å². The van der Waals surface area contributed by atoms with Crippen molar-refractivity contribution in [2.45, 2.75) is 51.9 Å². The maximum atomic E-state index is 4.78. The van der Waals surface area contributed by atoms with Crippen molar-refractivity contribution in [1.29, 1.82) is 0 Å². The number of rotatable bonds is 6. The summed E-state index contributed by atoms with van der Waals surface area (Å²) in [5, 5.41) is 2.65. The van der Waals surface area contributed by atoms with Crippen LogP contribution in [-0.2, 0) is 6.04 Å². The van der Waals surface area contributed by atoms with Gasteiger partial charge in [-0.1, -0.05) is 81.4 Å². The number of hydrogen-bond acceptors (Lipinski definition) is 1. The van der Waals surface area contributed by atoms with E-state index in [0.717, 1.165) is 5.69 Å². The second kappa shape index (κ2) is 7.53. The van der Waals surface area contributed by atoms with Crippen LogP contribution in [0.25, 0.3) is 22.0 Å². The molecule has 0 fully saturated rings. The van der Waals surface area contributed by atoms with Gasteiger partial charge in [0.15, 0.2) is 0 Å². The van der Waals surface area contributed by atoms with Crippen molar-refractivity contribution >= 4 is 18.8 Å². The van der Waals surface area contributed by atoms with Crippen LogP contribution in [-0.4, -0.2) is 13.1 Å². The highest BCUT2D eigenvalue weighted by Gasteiger charge is 2.28. The maximum absolute atomic E-state index is 4.78. The van der Waals surface area contributed by atoms with Crippen LogP contribution in [0, 0.1) is 6.92 Å². The molecule has 25 heavy (non-hydrogen) atoms. The maximum Gasteiger partial charge on any atom is 0.0739 e. The molecule has 3 aromatic rings. The lowest BCUT2D eigenvalue weighted by atomic mass is 9.95. The van der Waals surface area contributed by atoms with Crippen molar-refractivity contribution in [3.05, 3.63) is 65.9 Å². The van der Waals surface area contributed by atoms with Gasteiger partial charge in [-0.3, -0.25) is 4.98 Å². The molecular weight excluding hydrogens is 318 g/mol. The van der Waals surface area contributed by atoms with E-state index in [1.807, 2.05) is 12.3 Å². The largest absolute Gasteiger partial charge is 0.256 e. The van der Waals surface area contributed by atoms with Crippen LogP contribution in [0.5, 0.6) is 0 Å². The summed E-state index contributed by atoms with van der Waals surface area (Å²) >= 11 is 0. The van der Waals surface area contributed by atoms with E-state index in [1.165, 1.54) is 51.6 Å². The van der Waals surface area contributed by atoms with E-state index in [2.05, 4.69) is 70.2 Å². The van der Waals surface area contributed by atoms with Gasteiger partial charge in [0.2, 0.25) is 0 Å². The molecule has 0 saturated carbocycles. The molecule has 1 heterocycles. The fourth-order valence-corrected chi connectivity index (χ4v) is 7.37. The molecule has 1 nitrogen and oxygen atoms in total. The van der Waals surface area contributed by atoms with Crippen molar-refractivity contribution in [3.63, 3.8) is 0 Å². The lowest BCUT2D eigenvalue weighted by Gasteiger charge is -2.29. The van der Waals surface area contributed by atoms with Crippen LogP contribution in [0.15, 0.2) is 54.7 Å². The molecule has 0 spiro atoms. The van der Waals surface area contributed by atoms with Crippen LogP contribution < -0.4 is 0 Å². The fraction of sp³-hybridized carbons (Fsp3) is 0.348. The highest BCUT2D eigenvalue weighted by atomic mass is 28.3. The number of pyridine rings is 1. The number of aryl methyl sites for hydroxylation is 1. The number of aromatic nitrogens is 1. The van der Waals surface area contributed by atoms with Gasteiger partial charge in [0, 0.05) is 11.8 Å². The highest BCUT2D eigenvalue weighted by Crippen LogP contribution is 2.36. The average Bonchev–Trinajstić information content (AvgIpc) is 2.67. The lowest BCUT2D eigenvalue weighted by Crippen LogP contribution is -2.35. The van der Waals surface area contributed by atoms with Crippen LogP contribution in [0.4, 0.5) is 0 Å². The van der Waals surface area contributed by atoms with Gasteiger partial charge in [-0.2, -0.15) is 0 Å². The molecule has 2 aromatic carbocycles. The van der Waals surface area contributed by atoms with Crippen molar-refractivity contribution in [2.75, 3.05) is 0 Å². The minimum absolute atomic E-state index is 1.15. The van der Waals surface area contributed by atoms with Crippen LogP contribution >= 0.6 is 0 Å². The molecule has 3 rings (SSSR count). The highest BCUT2D eigenvalue weighted by molar-refractivity contribution is 6.79. The Labute approximate surface area is 153 Å². The molecule has 2 heteroatoms. The van der Waals surface area contributed by atoms with Gasteiger partial charge in [-0.05, 0) is 40.9 Å². The predicted molar refractivity (Wildman–Crippen MR) is 113 cm³/mol. The standard InChI is InChI=1S/C23H29NSi/c1-5-25(6-2,7-3)17-20-15-14-19-12-8-9-13-21(19)22(20)23-18(4)11-10-16-24-23/h8-16H,5-7,17H2,1-4H3. The Hall–Kier alpha value is -1.93. The number of benzene rings is 2. The first-order valence-corrected chi connectivity index (χ1v) is 12.4. The summed E-state index contributed by atoms with van der Waals surface area (Å²) in [4.78, 5) is 4.78. The molecule has 0 N–H and O–H groups in total. The van der Waals surface area contributed by atoms with E-state index in [-0.39, 0.29) is 0 Å². The predicted octanol–water partition coefficient (Wildman–Crippen LogP) is 6.80. The molecular formula is C23H29NSi. The zero-order chi connectivity index (χ0) is 17.9. The molecule has 0 bridgehead atoms. The Morgan fingerprint density at radius 1 is 0.840 bits per heavy atom. The van der Waals surface area contributed by atoms with E-state index in [4.69, 9.17) is 4.98 Å². The van der Waals surface area contributed by atoms with Crippen LogP contribution in [0.2, 0.25) is 18.1 Å². The van der Waals surface area contributed by atoms with Gasteiger partial charge in [-0.15, -0.1) is 0 Å². The van der Waals surface area contributed by atoms with E-state index < -0.39 is 8.07 Å². The minimum Gasteiger partial charge on any atom is -0.256 e. The first-order valence-electron chi connectivity index (χ1n) is 9.56. The molecule has 0 radical (unpaired) electrons. The Balaban J connectivity index is 2.26. The van der Waals surface area contributed by atoms with Gasteiger partial charge >= 0.3 is 0 Å². The third-order valence-corrected chi connectivity index (χ3v) is 11.7. The number of fused-ring (bicyclic) bond motifs is 1. The first-order chi connectivity index (χ1) is 12.1. The number of nitrogens with zero attached hydrogens (tertiary/aromatic N) is 1. The van der Waals surface area contributed by atoms with Gasteiger partial charge < -0.3 is 0 Å². The SMILES string of the molecule is CC[Si](CC)(CC)Cc1ccc2ccccc2c1-c1ncccc1C. The monoisotopic (exact) mass is 347 g/mol. The molecule has 0 saturated heterocycles. The molecule has 0 atom stereocenters. The Bertz CT molecular complexity index is 857. The summed E-state index contributed by atoms with van der Waals surface area (Å²) in [6.07, 6.45) is 1.93. The third kappa shape index (κ3) is 3.41. The topological polar surface area (TPSA) is 12.9 Å². The summed E-state index contributed by atoms with van der Waals surface area (Å²) in [5.74, 6) is 0. The normalized spacial score (nSPS) is 11.8. The Kier molecular flexibility index (Phi) is 5.38. The molecule has 1 aromatic heterocycles. The van der Waals surface area contributed by atoms with Gasteiger partial charge in [0.1, 0.15) is 0 Å². The van der Waals surface area contributed by atoms with Crippen molar-refractivity contribution < 1.29 is 0 Å². The first kappa shape index (κ1) is 17.9. The van der Waals surface area contributed by atoms with Crippen molar-refractivity contribution in [3.8, 4) is 11.3 Å². The smallest absolute Gasteiger partial charge is 0.0739 e. The van der Waals surface area contributed by atoms with E-state index in [0.29, 0.717) is 0 Å². The van der Waals surface area contributed by atoms with E-state index in [1.54, 1.807) is 0 Å². The van der Waals surface area contributed by atoms with Crippen molar-refractivity contribution in [2.24, 2.45) is 0 Å². The molecule has 0 unspecified atom stereocenters. The number of hydrogen-bond donors (Lipinski definition) is 0. The molecule has 0 amide bonds. The average molecular weight is 348 g/mol. The van der Waals surface area contributed by atoms with Crippen LogP contribution in [0.3, 0.4) is 0 Å². The molecule has 0 aliphatic rings. The van der Waals surface area contributed by atoms with Gasteiger partial charge in [0.25, 0.3) is 0 Å². The summed E-state index contributed by atoms with van der Waals surface area (Å²) < 4.78 is 0. The van der Waals surface area contributed by atoms with Crippen molar-refractivity contribution in [1.82, 2.24) is 4.98 Å². The molecule has 130 valence electrons. The quantitative estimate of drug-likeness (QED) is 0.447. The molecule has 0 aliphatic heterocycles. The summed E-state index contributed by atoms with van der Waals surface area (Å²) in [5.41, 5.74) is 5.28. The Morgan fingerprint density at radius 2 is 1.56 bits per heavy atom. The third-order valence-electron chi connectivity index (χ3n) is 6.08. The zero-order valence-corrected chi connectivity index (χ0v) is 17.0. The van der Waals surface area contributed by atoms with E-state index >= 15 is 0 Å². The van der Waals surface area contributed by atoms with Crippen LogP contribution in [0.1, 0.15) is 31.9 Å². The second-order valence-corrected chi connectivity index (χ2v) is 12.7. The Morgan fingerprint density at radius 3 is 2.24 bits per heavy atom. The van der Waals surface area contributed by atoms with Gasteiger partial charge in [0.05, 0.1) is 13.8 Å². The summed E-state index contributed by atoms with van der Waals surface area (Å²) in [7, 11) is -1.26. The fourth-order valence-electron chi connectivity index (χ4n) is 4.02. The lowest BCUT2D eigenvalue weighted by molar-refractivity contribution is 1.10. The summed E-state index contributed by atoms with van der Waals surface area (Å²) in [6.45, 7) is 9.36. The van der Waals surface area contributed by atoms with Gasteiger partial charge in [-0.25, -0.2) is 0 Å². The zero-order valence-electron chi connectivity index (χ0n) is 16.0. The summed E-state index contributed by atoms with van der Waals surface area (Å²) in [6, 6.07) is 23.0. The minimum atomic E-state index is -1.26.